The summed E-state index contributed by atoms with van der Waals surface area (Å²) in [5.74, 6) is 5.19. The Morgan fingerprint density at radius 3 is 2.10 bits per heavy atom. The largest absolute Gasteiger partial charge is 0.481 e. The number of esters is 2. The predicted octanol–water partition coefficient (Wildman–Crippen LogP) is 7.35. The normalized spacial score (nSPS) is 12.0. The number of allylic oxidation sites excluding steroid dienone is 2. The maximum Gasteiger partial charge on any atom is 0.309 e. The van der Waals surface area contributed by atoms with Gasteiger partial charge < -0.3 is 25.3 Å². The van der Waals surface area contributed by atoms with Crippen LogP contribution in [0.25, 0.3) is 0 Å². The van der Waals surface area contributed by atoms with E-state index in [2.05, 4.69) is 30.2 Å². The summed E-state index contributed by atoms with van der Waals surface area (Å²) in [4.78, 5) is 56.7. The summed E-state index contributed by atoms with van der Waals surface area (Å²) in [7, 11) is 0. The second kappa shape index (κ2) is 29.6. The fourth-order valence-corrected chi connectivity index (χ4v) is 4.90. The van der Waals surface area contributed by atoms with Crippen molar-refractivity contribution in [3.05, 3.63) is 42.0 Å². The molecule has 2 amide bonds. The van der Waals surface area contributed by atoms with Crippen LogP contribution in [0.2, 0.25) is 0 Å². The van der Waals surface area contributed by atoms with Crippen molar-refractivity contribution in [1.82, 2.24) is 5.32 Å². The van der Waals surface area contributed by atoms with E-state index >= 15 is 0 Å². The molecule has 286 valence electrons. The van der Waals surface area contributed by atoms with Crippen LogP contribution in [0, 0.1) is 17.8 Å². The monoisotopic (exact) mass is 712 g/mol. The van der Waals surface area contributed by atoms with Gasteiger partial charge in [-0.1, -0.05) is 75.7 Å². The lowest BCUT2D eigenvalue weighted by atomic mass is 10.0. The molecular formula is C41H64N2O8. The molecule has 0 heterocycles. The molecule has 10 nitrogen and oxygen atoms in total. The van der Waals surface area contributed by atoms with E-state index in [4.69, 9.17) is 19.9 Å². The Bertz CT molecular complexity index is 1220. The fraction of sp³-hybridized carbons (Fsp3) is 0.634. The van der Waals surface area contributed by atoms with Crippen molar-refractivity contribution in [2.45, 2.75) is 149 Å². The summed E-state index contributed by atoms with van der Waals surface area (Å²) in [6.45, 7) is 11.4. The molecule has 0 saturated carbocycles. The van der Waals surface area contributed by atoms with Crippen molar-refractivity contribution in [2.24, 2.45) is 11.7 Å². The summed E-state index contributed by atoms with van der Waals surface area (Å²) in [6, 6.07) is 6.50. The van der Waals surface area contributed by atoms with Crippen LogP contribution in [0.15, 0.2) is 36.4 Å². The molecule has 1 aromatic carbocycles. The van der Waals surface area contributed by atoms with E-state index in [-0.39, 0.29) is 24.5 Å². The molecule has 0 aliphatic rings. The van der Waals surface area contributed by atoms with Crippen LogP contribution >= 0.6 is 0 Å². The SMILES string of the molecule is CC#CCOc1ccc(C[C@H](NC=O)C(N)=O)cc1.CCCCCCCC(=O)CCCCCC/C=C/C[C@@H](CCOC(C)=O)C(=O)OC(C)(C)C. The molecule has 0 radical (unpaired) electrons. The zero-order valence-electron chi connectivity index (χ0n) is 32.1. The van der Waals surface area contributed by atoms with Crippen LogP contribution in [0.5, 0.6) is 5.75 Å². The molecule has 1 rings (SSSR count). The first kappa shape index (κ1) is 46.9. The van der Waals surface area contributed by atoms with Gasteiger partial charge in [-0.15, -0.1) is 5.92 Å². The van der Waals surface area contributed by atoms with E-state index in [1.54, 1.807) is 19.1 Å². The number of hydrogen-bond donors (Lipinski definition) is 2. The number of rotatable bonds is 26. The van der Waals surface area contributed by atoms with Gasteiger partial charge in [0.25, 0.3) is 0 Å². The Morgan fingerprint density at radius 1 is 0.922 bits per heavy atom. The number of ketones is 1. The Labute approximate surface area is 307 Å². The summed E-state index contributed by atoms with van der Waals surface area (Å²) in [5.41, 5.74) is 5.53. The highest BCUT2D eigenvalue weighted by atomic mass is 16.6. The van der Waals surface area contributed by atoms with Crippen molar-refractivity contribution in [1.29, 1.82) is 0 Å². The molecule has 10 heteroatoms. The van der Waals surface area contributed by atoms with Gasteiger partial charge in [-0.05, 0) is 83.9 Å². The van der Waals surface area contributed by atoms with Gasteiger partial charge in [-0.2, -0.15) is 0 Å². The van der Waals surface area contributed by atoms with E-state index < -0.39 is 17.6 Å². The predicted molar refractivity (Wildman–Crippen MR) is 202 cm³/mol. The number of primary amides is 1. The Morgan fingerprint density at radius 2 is 1.55 bits per heavy atom. The zero-order valence-corrected chi connectivity index (χ0v) is 32.1. The van der Waals surface area contributed by atoms with Crippen LogP contribution in [0.4, 0.5) is 0 Å². The highest BCUT2D eigenvalue weighted by Gasteiger charge is 2.24. The third kappa shape index (κ3) is 28.3. The minimum Gasteiger partial charge on any atom is -0.481 e. The zero-order chi connectivity index (χ0) is 38.3. The molecule has 0 bridgehead atoms. The number of nitrogens with one attached hydrogen (secondary N) is 1. The number of hydrogen-bond acceptors (Lipinski definition) is 8. The molecule has 2 atom stereocenters. The molecule has 51 heavy (non-hydrogen) atoms. The first-order valence-corrected chi connectivity index (χ1v) is 18.5. The Kier molecular flexibility index (Phi) is 27.2. The standard InChI is InChI=1S/C27H48O5.C14H16N2O3/c1-6-7-8-12-16-19-25(29)20-17-14-11-9-10-13-15-18-24(21-22-31-23(2)28)26(30)32-27(3,4)5;1-2-3-8-19-12-6-4-11(5-7-12)9-13(14(15)18)16-10-17/h13,15,24H,6-12,14,16-22H2,1-5H3;4-7,10,13H,8-9H2,1H3,(H2,15,18)(H,16,17)/b15-13+;/t24-;13-/m00/s1. The van der Waals surface area contributed by atoms with Gasteiger partial charge in [-0.3, -0.25) is 24.0 Å². The summed E-state index contributed by atoms with van der Waals surface area (Å²) in [6.07, 6.45) is 18.8. The third-order valence-corrected chi connectivity index (χ3v) is 7.70. The molecule has 0 spiro atoms. The number of Topliss-reactive ketones (excluding diaryl/α,β-unsaturated/α-hetero) is 1. The van der Waals surface area contributed by atoms with Crippen LogP contribution in [-0.4, -0.2) is 54.9 Å². The smallest absolute Gasteiger partial charge is 0.309 e. The molecule has 0 aliphatic heterocycles. The van der Waals surface area contributed by atoms with E-state index in [1.807, 2.05) is 39.0 Å². The number of nitrogens with two attached hydrogens (primary N) is 1. The van der Waals surface area contributed by atoms with Gasteiger partial charge in [-0.25, -0.2) is 0 Å². The van der Waals surface area contributed by atoms with Crippen LogP contribution in [0.3, 0.4) is 0 Å². The number of carbonyl (C=O) groups is 5. The first-order valence-electron chi connectivity index (χ1n) is 18.5. The van der Waals surface area contributed by atoms with E-state index in [9.17, 15) is 24.0 Å². The summed E-state index contributed by atoms with van der Waals surface area (Å²) in [5, 5.41) is 2.38. The second-order valence-corrected chi connectivity index (χ2v) is 13.5. The minimum atomic E-state index is -0.699. The fourth-order valence-electron chi connectivity index (χ4n) is 4.90. The van der Waals surface area contributed by atoms with E-state index in [0.29, 0.717) is 43.8 Å². The van der Waals surface area contributed by atoms with Crippen molar-refractivity contribution < 1.29 is 38.2 Å². The van der Waals surface area contributed by atoms with Crippen molar-refractivity contribution in [3.8, 4) is 17.6 Å². The van der Waals surface area contributed by atoms with Gasteiger partial charge in [0.15, 0.2) is 0 Å². The number of unbranched alkanes of at least 4 members (excludes halogenated alkanes) is 8. The van der Waals surface area contributed by atoms with E-state index in [1.165, 1.54) is 32.6 Å². The van der Waals surface area contributed by atoms with E-state index in [0.717, 1.165) is 56.9 Å². The Hall–Kier alpha value is -4.13. The topological polar surface area (TPSA) is 151 Å². The number of carbonyl (C=O) groups excluding carboxylic acids is 5. The quantitative estimate of drug-likeness (QED) is 0.0333. The van der Waals surface area contributed by atoms with Crippen molar-refractivity contribution >= 4 is 30.0 Å². The van der Waals surface area contributed by atoms with Crippen LogP contribution in [-0.2, 0) is 39.9 Å². The maximum atomic E-state index is 12.4. The molecule has 0 fully saturated rings. The summed E-state index contributed by atoms with van der Waals surface area (Å²) >= 11 is 0. The molecule has 1 aromatic rings. The summed E-state index contributed by atoms with van der Waals surface area (Å²) < 4.78 is 15.9. The third-order valence-electron chi connectivity index (χ3n) is 7.70. The highest BCUT2D eigenvalue weighted by Crippen LogP contribution is 2.18. The van der Waals surface area contributed by atoms with Gasteiger partial charge in [0.05, 0.1) is 12.5 Å². The lowest BCUT2D eigenvalue weighted by Crippen LogP contribution is -2.42. The number of benzene rings is 1. The van der Waals surface area contributed by atoms with Gasteiger partial charge >= 0.3 is 11.9 Å². The van der Waals surface area contributed by atoms with Gasteiger partial charge in [0, 0.05) is 26.2 Å². The molecule has 3 N–H and O–H groups in total. The second-order valence-electron chi connectivity index (χ2n) is 13.5. The molecule has 0 saturated heterocycles. The number of ether oxygens (including phenoxy) is 3. The van der Waals surface area contributed by atoms with Crippen LogP contribution in [0.1, 0.15) is 137 Å². The molecule has 0 aliphatic carbocycles. The molecular weight excluding hydrogens is 648 g/mol. The van der Waals surface area contributed by atoms with Crippen LogP contribution < -0.4 is 15.8 Å². The highest BCUT2D eigenvalue weighted by molar-refractivity contribution is 5.82. The Balaban J connectivity index is 0.00000111. The first-order chi connectivity index (χ1) is 24.3. The average Bonchev–Trinajstić information content (AvgIpc) is 3.06. The van der Waals surface area contributed by atoms with Gasteiger partial charge in [0.1, 0.15) is 29.8 Å². The molecule has 0 aromatic heterocycles. The molecule has 0 unspecified atom stereocenters. The van der Waals surface area contributed by atoms with Crippen molar-refractivity contribution in [2.75, 3.05) is 13.2 Å². The lowest BCUT2D eigenvalue weighted by Gasteiger charge is -2.23. The average molecular weight is 713 g/mol. The van der Waals surface area contributed by atoms with Crippen molar-refractivity contribution in [3.63, 3.8) is 0 Å². The minimum absolute atomic E-state index is 0.227. The van der Waals surface area contributed by atoms with Gasteiger partial charge in [0.2, 0.25) is 12.3 Å². The number of amides is 2. The maximum absolute atomic E-state index is 12.4. The lowest BCUT2D eigenvalue weighted by molar-refractivity contribution is -0.161.